The van der Waals surface area contributed by atoms with Gasteiger partial charge in [-0.3, -0.25) is 0 Å². The number of hydrogen-bond acceptors (Lipinski definition) is 2. The van der Waals surface area contributed by atoms with Crippen molar-refractivity contribution < 1.29 is 5.11 Å². The summed E-state index contributed by atoms with van der Waals surface area (Å²) >= 11 is 1.75. The fourth-order valence-electron chi connectivity index (χ4n) is 3.26. The Labute approximate surface area is 115 Å². The van der Waals surface area contributed by atoms with E-state index in [1.165, 1.54) is 44.1 Å². The van der Waals surface area contributed by atoms with Gasteiger partial charge in [0.2, 0.25) is 0 Å². The van der Waals surface area contributed by atoms with Crippen molar-refractivity contribution in [3.8, 4) is 0 Å². The molecular weight excluding hydrogens is 240 g/mol. The molecule has 2 rings (SSSR count). The monoisotopic (exact) mass is 266 g/mol. The van der Waals surface area contributed by atoms with Crippen LogP contribution in [0.4, 0.5) is 0 Å². The average Bonchev–Trinajstić information content (AvgIpc) is 2.90. The predicted molar refractivity (Wildman–Crippen MR) is 79.0 cm³/mol. The molecule has 1 heterocycles. The maximum Gasteiger partial charge on any atom is 0.0571 e. The highest BCUT2D eigenvalue weighted by Gasteiger charge is 2.25. The Kier molecular flexibility index (Phi) is 5.71. The van der Waals surface area contributed by atoms with Crippen LogP contribution in [-0.4, -0.2) is 11.2 Å². The number of thiophene rings is 1. The first kappa shape index (κ1) is 14.1. The van der Waals surface area contributed by atoms with Gasteiger partial charge in [0.15, 0.2) is 0 Å². The third-order valence-electron chi connectivity index (χ3n) is 4.44. The van der Waals surface area contributed by atoms with E-state index in [1.807, 2.05) is 0 Å². The van der Waals surface area contributed by atoms with Crippen molar-refractivity contribution in [3.63, 3.8) is 0 Å². The maximum absolute atomic E-state index is 10.3. The first-order chi connectivity index (χ1) is 8.79. The van der Waals surface area contributed by atoms with Crippen LogP contribution in [0.1, 0.15) is 57.4 Å². The van der Waals surface area contributed by atoms with E-state index in [1.54, 1.807) is 11.3 Å². The van der Waals surface area contributed by atoms with E-state index in [0.29, 0.717) is 5.92 Å². The molecule has 1 unspecified atom stereocenters. The molecule has 102 valence electrons. The Bertz CT molecular complexity index is 312. The van der Waals surface area contributed by atoms with Crippen molar-refractivity contribution in [2.24, 2.45) is 11.8 Å². The van der Waals surface area contributed by atoms with E-state index in [0.717, 1.165) is 18.8 Å². The van der Waals surface area contributed by atoms with Gasteiger partial charge in [0, 0.05) is 0 Å². The minimum atomic E-state index is -0.0764. The van der Waals surface area contributed by atoms with Crippen LogP contribution in [0.2, 0.25) is 0 Å². The van der Waals surface area contributed by atoms with Crippen molar-refractivity contribution in [2.45, 2.75) is 64.4 Å². The van der Waals surface area contributed by atoms with Gasteiger partial charge in [-0.1, -0.05) is 32.6 Å². The Hall–Kier alpha value is -0.340. The van der Waals surface area contributed by atoms with Gasteiger partial charge in [-0.2, -0.15) is 11.3 Å². The molecule has 0 bridgehead atoms. The lowest BCUT2D eigenvalue weighted by atomic mass is 9.77. The van der Waals surface area contributed by atoms with Crippen LogP contribution in [0.25, 0.3) is 0 Å². The van der Waals surface area contributed by atoms with E-state index >= 15 is 0 Å². The Morgan fingerprint density at radius 3 is 2.72 bits per heavy atom. The fourth-order valence-corrected chi connectivity index (χ4v) is 3.96. The van der Waals surface area contributed by atoms with Crippen LogP contribution in [0.3, 0.4) is 0 Å². The smallest absolute Gasteiger partial charge is 0.0571 e. The summed E-state index contributed by atoms with van der Waals surface area (Å²) in [6, 6.07) is 2.18. The average molecular weight is 266 g/mol. The Balaban J connectivity index is 1.69. The summed E-state index contributed by atoms with van der Waals surface area (Å²) in [5, 5.41) is 14.6. The van der Waals surface area contributed by atoms with Crippen LogP contribution in [0, 0.1) is 11.8 Å². The normalized spacial score (nSPS) is 26.1. The molecule has 1 N–H and O–H groups in total. The van der Waals surface area contributed by atoms with Crippen molar-refractivity contribution in [1.29, 1.82) is 0 Å². The molecule has 0 saturated heterocycles. The van der Waals surface area contributed by atoms with Crippen molar-refractivity contribution >= 4 is 11.3 Å². The summed E-state index contributed by atoms with van der Waals surface area (Å²) in [6.45, 7) is 2.28. The van der Waals surface area contributed by atoms with Gasteiger partial charge < -0.3 is 5.11 Å². The minimum absolute atomic E-state index is 0.0764. The van der Waals surface area contributed by atoms with Gasteiger partial charge in [0.1, 0.15) is 0 Å². The lowest BCUT2D eigenvalue weighted by Gasteiger charge is -2.31. The van der Waals surface area contributed by atoms with E-state index in [-0.39, 0.29) is 6.10 Å². The van der Waals surface area contributed by atoms with Gasteiger partial charge in [-0.25, -0.2) is 0 Å². The molecule has 0 radical (unpaired) electrons. The van der Waals surface area contributed by atoms with Gasteiger partial charge in [-0.05, 0) is 59.9 Å². The highest BCUT2D eigenvalue weighted by Crippen LogP contribution is 2.34. The van der Waals surface area contributed by atoms with Crippen LogP contribution < -0.4 is 0 Å². The summed E-state index contributed by atoms with van der Waals surface area (Å²) in [5.74, 6) is 1.51. The van der Waals surface area contributed by atoms with Gasteiger partial charge in [-0.15, -0.1) is 0 Å². The lowest BCUT2D eigenvalue weighted by molar-refractivity contribution is 0.0660. The largest absolute Gasteiger partial charge is 0.393 e. The minimum Gasteiger partial charge on any atom is -0.393 e. The second kappa shape index (κ2) is 7.30. The summed E-state index contributed by atoms with van der Waals surface area (Å²) < 4.78 is 0. The molecule has 1 fully saturated rings. The number of hydrogen-bond donors (Lipinski definition) is 1. The number of aryl methyl sites for hydroxylation is 1. The Morgan fingerprint density at radius 1 is 1.33 bits per heavy atom. The molecule has 1 saturated carbocycles. The summed E-state index contributed by atoms with van der Waals surface area (Å²) in [7, 11) is 0. The molecule has 18 heavy (non-hydrogen) atoms. The molecule has 1 nitrogen and oxygen atoms in total. The molecular formula is C16H26OS. The maximum atomic E-state index is 10.3. The molecule has 1 aliphatic carbocycles. The highest BCUT2D eigenvalue weighted by atomic mass is 32.1. The number of rotatable bonds is 6. The molecule has 0 spiro atoms. The topological polar surface area (TPSA) is 20.2 Å². The van der Waals surface area contributed by atoms with Crippen LogP contribution in [0.15, 0.2) is 16.8 Å². The summed E-state index contributed by atoms with van der Waals surface area (Å²) in [4.78, 5) is 0. The van der Waals surface area contributed by atoms with E-state index < -0.39 is 0 Å². The summed E-state index contributed by atoms with van der Waals surface area (Å²) in [6.07, 6.45) is 9.78. The van der Waals surface area contributed by atoms with Crippen LogP contribution in [-0.2, 0) is 6.42 Å². The molecule has 0 amide bonds. The Morgan fingerprint density at radius 2 is 2.11 bits per heavy atom. The number of aliphatic hydroxyl groups excluding tert-OH is 1. The van der Waals surface area contributed by atoms with Crippen LogP contribution in [0.5, 0.6) is 0 Å². The predicted octanol–water partition coefficient (Wildman–Crippen LogP) is 4.65. The molecule has 1 aromatic rings. The van der Waals surface area contributed by atoms with Crippen LogP contribution >= 0.6 is 11.3 Å². The van der Waals surface area contributed by atoms with Gasteiger partial charge in [0.05, 0.1) is 6.10 Å². The summed E-state index contributed by atoms with van der Waals surface area (Å²) in [5.41, 5.74) is 1.39. The quantitative estimate of drug-likeness (QED) is 0.794. The van der Waals surface area contributed by atoms with E-state index in [2.05, 4.69) is 23.8 Å². The third kappa shape index (κ3) is 4.10. The standard InChI is InChI=1S/C16H26OS/c1-2-3-13-4-7-15(8-5-13)16(17)9-6-14-10-11-18-12-14/h10-13,15-17H,2-9H2,1H3. The molecule has 1 atom stereocenters. The third-order valence-corrected chi connectivity index (χ3v) is 5.17. The molecule has 2 heteroatoms. The molecule has 0 aliphatic heterocycles. The molecule has 0 aromatic carbocycles. The fraction of sp³-hybridized carbons (Fsp3) is 0.750. The number of aliphatic hydroxyl groups is 1. The SMILES string of the molecule is CCCC1CCC(C(O)CCc2ccsc2)CC1. The zero-order chi connectivity index (χ0) is 12.8. The van der Waals surface area contributed by atoms with E-state index in [4.69, 9.17) is 0 Å². The first-order valence-corrected chi connectivity index (χ1v) is 8.43. The van der Waals surface area contributed by atoms with Crippen molar-refractivity contribution in [2.75, 3.05) is 0 Å². The lowest BCUT2D eigenvalue weighted by Crippen LogP contribution is -2.26. The van der Waals surface area contributed by atoms with Crippen molar-refractivity contribution in [1.82, 2.24) is 0 Å². The van der Waals surface area contributed by atoms with E-state index in [9.17, 15) is 5.11 Å². The first-order valence-electron chi connectivity index (χ1n) is 7.48. The van der Waals surface area contributed by atoms with Gasteiger partial charge in [0.25, 0.3) is 0 Å². The second-order valence-electron chi connectivity index (χ2n) is 5.81. The van der Waals surface area contributed by atoms with Gasteiger partial charge >= 0.3 is 0 Å². The van der Waals surface area contributed by atoms with Crippen molar-refractivity contribution in [3.05, 3.63) is 22.4 Å². The molecule has 1 aliphatic rings. The highest BCUT2D eigenvalue weighted by molar-refractivity contribution is 7.07. The zero-order valence-electron chi connectivity index (χ0n) is 11.5. The molecule has 1 aromatic heterocycles. The zero-order valence-corrected chi connectivity index (χ0v) is 12.3. The second-order valence-corrected chi connectivity index (χ2v) is 6.59.